The Morgan fingerprint density at radius 3 is 2.53 bits per heavy atom. The summed E-state index contributed by atoms with van der Waals surface area (Å²) < 4.78 is 36.2. The van der Waals surface area contributed by atoms with E-state index in [2.05, 4.69) is 4.98 Å². The van der Waals surface area contributed by atoms with Gasteiger partial charge in [-0.15, -0.1) is 0 Å². The van der Waals surface area contributed by atoms with Gasteiger partial charge in [-0.25, -0.2) is 18.6 Å². The van der Waals surface area contributed by atoms with Gasteiger partial charge in [0.2, 0.25) is 11.7 Å². The van der Waals surface area contributed by atoms with Crippen LogP contribution in [-0.4, -0.2) is 17.6 Å². The minimum atomic E-state index is -0.747. The topological polar surface area (TPSA) is 52.3 Å². The summed E-state index contributed by atoms with van der Waals surface area (Å²) >= 11 is 0. The van der Waals surface area contributed by atoms with Crippen LogP contribution in [0.4, 0.5) is 8.78 Å². The van der Waals surface area contributed by atoms with Gasteiger partial charge in [0.15, 0.2) is 0 Å². The maximum atomic E-state index is 13.1. The molecule has 6 heteroatoms. The number of aromatic nitrogens is 1. The number of ether oxygens (including phenoxy) is 1. The minimum Gasteiger partial charge on any atom is -0.460 e. The molecule has 1 heterocycles. The summed E-state index contributed by atoms with van der Waals surface area (Å²) in [7, 11) is 0. The number of rotatable bonds is 3. The lowest BCUT2D eigenvalue weighted by Crippen LogP contribution is -2.04. The van der Waals surface area contributed by atoms with Crippen LogP contribution >= 0.6 is 0 Å². The molecule has 1 aromatic carbocycles. The molecule has 0 radical (unpaired) electrons. The van der Waals surface area contributed by atoms with Crippen LogP contribution in [-0.2, 0) is 4.74 Å². The predicted octanol–water partition coefficient (Wildman–Crippen LogP) is 3.10. The molecule has 4 nitrogen and oxygen atoms in total. The molecule has 0 atom stereocenters. The molecule has 0 bridgehead atoms. The SMILES string of the molecule is CCOC(=O)c1oc(-c2cc(F)cc(F)c2)nc1C. The first-order valence-corrected chi connectivity index (χ1v) is 5.62. The lowest BCUT2D eigenvalue weighted by molar-refractivity contribution is 0.0490. The van der Waals surface area contributed by atoms with Gasteiger partial charge in [0, 0.05) is 11.6 Å². The quantitative estimate of drug-likeness (QED) is 0.802. The van der Waals surface area contributed by atoms with Crippen LogP contribution in [0.3, 0.4) is 0 Å². The number of halogens is 2. The fourth-order valence-electron chi connectivity index (χ4n) is 1.58. The summed E-state index contributed by atoms with van der Waals surface area (Å²) in [6.45, 7) is 3.41. The number of carbonyl (C=O) groups excluding carboxylic acids is 1. The zero-order valence-corrected chi connectivity index (χ0v) is 10.4. The summed E-state index contributed by atoms with van der Waals surface area (Å²) in [5.41, 5.74) is 0.425. The number of hydrogen-bond acceptors (Lipinski definition) is 4. The number of aryl methyl sites for hydroxylation is 1. The van der Waals surface area contributed by atoms with Gasteiger partial charge in [0.1, 0.15) is 11.6 Å². The van der Waals surface area contributed by atoms with Crippen LogP contribution < -0.4 is 0 Å². The van der Waals surface area contributed by atoms with E-state index in [1.807, 2.05) is 0 Å². The summed E-state index contributed by atoms with van der Waals surface area (Å²) in [5, 5.41) is 0. The monoisotopic (exact) mass is 267 g/mol. The van der Waals surface area contributed by atoms with Crippen LogP contribution in [0.15, 0.2) is 22.6 Å². The summed E-state index contributed by atoms with van der Waals surface area (Å²) in [6.07, 6.45) is 0. The maximum Gasteiger partial charge on any atom is 0.376 e. The molecule has 19 heavy (non-hydrogen) atoms. The van der Waals surface area contributed by atoms with E-state index in [9.17, 15) is 13.6 Å². The first-order chi connectivity index (χ1) is 9.01. The molecule has 0 amide bonds. The highest BCUT2D eigenvalue weighted by molar-refractivity contribution is 5.87. The molecule has 0 aliphatic rings. The van der Waals surface area contributed by atoms with E-state index >= 15 is 0 Å². The van der Waals surface area contributed by atoms with Crippen molar-refractivity contribution in [2.75, 3.05) is 6.61 Å². The second kappa shape index (κ2) is 5.17. The average molecular weight is 267 g/mol. The Morgan fingerprint density at radius 1 is 1.32 bits per heavy atom. The third kappa shape index (κ3) is 2.78. The van der Waals surface area contributed by atoms with E-state index < -0.39 is 17.6 Å². The fraction of sp³-hybridized carbons (Fsp3) is 0.231. The van der Waals surface area contributed by atoms with E-state index in [0.717, 1.165) is 18.2 Å². The molecule has 0 saturated heterocycles. The van der Waals surface area contributed by atoms with E-state index in [1.54, 1.807) is 13.8 Å². The average Bonchev–Trinajstić information content (AvgIpc) is 2.70. The molecule has 0 saturated carbocycles. The van der Waals surface area contributed by atoms with Crippen LogP contribution in [0.1, 0.15) is 23.2 Å². The van der Waals surface area contributed by atoms with Crippen molar-refractivity contribution in [2.24, 2.45) is 0 Å². The van der Waals surface area contributed by atoms with Crippen LogP contribution in [0.25, 0.3) is 11.5 Å². The molecule has 2 rings (SSSR count). The Hall–Kier alpha value is -2.24. The van der Waals surface area contributed by atoms with Crippen molar-refractivity contribution in [3.63, 3.8) is 0 Å². The molecule has 1 aromatic heterocycles. The van der Waals surface area contributed by atoms with Gasteiger partial charge in [0.05, 0.1) is 12.3 Å². The molecule has 2 aromatic rings. The number of nitrogens with zero attached hydrogens (tertiary/aromatic N) is 1. The van der Waals surface area contributed by atoms with E-state index in [-0.39, 0.29) is 23.8 Å². The highest BCUT2D eigenvalue weighted by Crippen LogP contribution is 2.24. The fourth-order valence-corrected chi connectivity index (χ4v) is 1.58. The third-order valence-corrected chi connectivity index (χ3v) is 2.37. The van der Waals surface area contributed by atoms with Gasteiger partial charge in [-0.3, -0.25) is 0 Å². The van der Waals surface area contributed by atoms with E-state index in [0.29, 0.717) is 5.69 Å². The zero-order chi connectivity index (χ0) is 14.0. The number of hydrogen-bond donors (Lipinski definition) is 0. The lowest BCUT2D eigenvalue weighted by atomic mass is 10.2. The van der Waals surface area contributed by atoms with Crippen LogP contribution in [0, 0.1) is 18.6 Å². The first-order valence-electron chi connectivity index (χ1n) is 5.62. The molecule has 0 fully saturated rings. The minimum absolute atomic E-state index is 0.0287. The number of carbonyl (C=O) groups is 1. The Bertz CT molecular complexity index is 602. The van der Waals surface area contributed by atoms with E-state index in [1.165, 1.54) is 0 Å². The standard InChI is InChI=1S/C13H11F2NO3/c1-3-18-13(17)11-7(2)16-12(19-11)8-4-9(14)6-10(15)5-8/h4-6H,3H2,1-2H3. The Balaban J connectivity index is 2.41. The molecule has 0 N–H and O–H groups in total. The second-order valence-electron chi connectivity index (χ2n) is 3.81. The molecule has 0 aliphatic carbocycles. The molecule has 0 spiro atoms. The summed E-state index contributed by atoms with van der Waals surface area (Å²) in [4.78, 5) is 15.5. The van der Waals surface area contributed by atoms with Gasteiger partial charge >= 0.3 is 5.97 Å². The molecular weight excluding hydrogens is 256 g/mol. The molecule has 0 unspecified atom stereocenters. The number of esters is 1. The lowest BCUT2D eigenvalue weighted by Gasteiger charge is -1.98. The van der Waals surface area contributed by atoms with Crippen molar-refractivity contribution < 1.29 is 22.7 Å². The first kappa shape index (κ1) is 13.2. The summed E-state index contributed by atoms with van der Waals surface area (Å²) in [5.74, 6) is -2.25. The van der Waals surface area contributed by atoms with Crippen molar-refractivity contribution in [2.45, 2.75) is 13.8 Å². The smallest absolute Gasteiger partial charge is 0.376 e. The molecule has 0 aliphatic heterocycles. The number of oxazole rings is 1. The summed E-state index contributed by atoms with van der Waals surface area (Å²) in [6, 6.07) is 2.89. The maximum absolute atomic E-state index is 13.1. The van der Waals surface area contributed by atoms with Crippen molar-refractivity contribution in [1.82, 2.24) is 4.98 Å². The van der Waals surface area contributed by atoms with Gasteiger partial charge in [-0.1, -0.05) is 0 Å². The van der Waals surface area contributed by atoms with Gasteiger partial charge in [-0.05, 0) is 26.0 Å². The van der Waals surface area contributed by atoms with Crippen molar-refractivity contribution >= 4 is 5.97 Å². The highest BCUT2D eigenvalue weighted by atomic mass is 19.1. The largest absolute Gasteiger partial charge is 0.460 e. The van der Waals surface area contributed by atoms with Gasteiger partial charge < -0.3 is 9.15 Å². The van der Waals surface area contributed by atoms with Gasteiger partial charge in [0.25, 0.3) is 0 Å². The van der Waals surface area contributed by atoms with Crippen LogP contribution in [0.5, 0.6) is 0 Å². The number of benzene rings is 1. The molecule has 100 valence electrons. The van der Waals surface area contributed by atoms with E-state index in [4.69, 9.17) is 9.15 Å². The van der Waals surface area contributed by atoms with Gasteiger partial charge in [-0.2, -0.15) is 0 Å². The Morgan fingerprint density at radius 2 is 1.95 bits per heavy atom. The normalized spacial score (nSPS) is 10.5. The van der Waals surface area contributed by atoms with Crippen LogP contribution in [0.2, 0.25) is 0 Å². The third-order valence-electron chi connectivity index (χ3n) is 2.37. The Labute approximate surface area is 108 Å². The zero-order valence-electron chi connectivity index (χ0n) is 10.4. The predicted molar refractivity (Wildman–Crippen MR) is 62.5 cm³/mol. The Kier molecular flexibility index (Phi) is 3.59. The van der Waals surface area contributed by atoms with Crippen molar-refractivity contribution in [1.29, 1.82) is 0 Å². The molecular formula is C13H11F2NO3. The van der Waals surface area contributed by atoms with Crippen molar-refractivity contribution in [3.05, 3.63) is 41.3 Å². The highest BCUT2D eigenvalue weighted by Gasteiger charge is 2.19. The second-order valence-corrected chi connectivity index (χ2v) is 3.81. The van der Waals surface area contributed by atoms with Crippen molar-refractivity contribution in [3.8, 4) is 11.5 Å².